The van der Waals surface area contributed by atoms with Gasteiger partial charge in [-0.3, -0.25) is 19.2 Å². The van der Waals surface area contributed by atoms with Crippen LogP contribution in [0.1, 0.15) is 237 Å². The van der Waals surface area contributed by atoms with Crippen molar-refractivity contribution in [2.24, 2.45) is 121 Å². The van der Waals surface area contributed by atoms with E-state index in [0.29, 0.717) is 100.0 Å². The number of benzene rings is 2. The maximum Gasteiger partial charge on any atom is 0.338 e. The van der Waals surface area contributed by atoms with Crippen molar-refractivity contribution >= 4 is 35.1 Å². The van der Waals surface area contributed by atoms with Crippen molar-refractivity contribution in [3.05, 3.63) is 71.8 Å². The zero-order chi connectivity index (χ0) is 62.6. The average Bonchev–Trinajstić information content (AvgIpc) is 1.29. The quantitative estimate of drug-likeness (QED) is 0.224. The van der Waals surface area contributed by atoms with E-state index in [2.05, 4.69) is 41.5 Å². The van der Waals surface area contributed by atoms with Gasteiger partial charge < -0.3 is 24.8 Å². The first-order chi connectivity index (χ1) is 41.7. The Labute approximate surface area is 526 Å². The van der Waals surface area contributed by atoms with E-state index in [1.807, 2.05) is 48.5 Å². The molecule has 14 rings (SSSR count). The Kier molecular flexibility index (Phi) is 17.6. The normalized spacial score (nSPS) is 47.7. The van der Waals surface area contributed by atoms with E-state index < -0.39 is 0 Å². The van der Waals surface area contributed by atoms with Crippen molar-refractivity contribution in [2.45, 2.75) is 247 Å². The minimum absolute atomic E-state index is 0.00376. The molecule has 26 atom stereocenters. The Hall–Kier alpha value is -4.06. The molecule has 12 aliphatic carbocycles. The monoisotopic (exact) mass is 1210 g/mol. The van der Waals surface area contributed by atoms with Gasteiger partial charge in [0.2, 0.25) is 0 Å². The molecule has 12 saturated carbocycles. The lowest BCUT2D eigenvalue weighted by atomic mass is 9.43. The first kappa shape index (κ1) is 64.1. The zero-order valence-electron chi connectivity index (χ0n) is 54.9. The predicted molar refractivity (Wildman–Crippen MR) is 338 cm³/mol. The van der Waals surface area contributed by atoms with Crippen LogP contribution in [0.3, 0.4) is 0 Å². The van der Waals surface area contributed by atoms with Gasteiger partial charge in [0.05, 0.1) is 29.4 Å². The number of hydrogen-bond acceptors (Lipinski definition) is 11. The number of aliphatic hydroxyl groups excluding tert-OH is 3. The second-order valence-corrected chi connectivity index (χ2v) is 33.4. The van der Waals surface area contributed by atoms with Gasteiger partial charge in [-0.2, -0.15) is 0 Å². The minimum Gasteiger partial charge on any atom is -0.459 e. The van der Waals surface area contributed by atoms with Crippen LogP contribution in [0.15, 0.2) is 60.7 Å². The molecule has 12 fully saturated rings. The average molecular weight is 1210 g/mol. The summed E-state index contributed by atoms with van der Waals surface area (Å²) < 4.78 is 12.5. The second-order valence-electron chi connectivity index (χ2n) is 33.4. The Morgan fingerprint density at radius 2 is 0.841 bits per heavy atom. The molecule has 0 amide bonds. The molecule has 0 bridgehead atoms. The molecule has 0 radical (unpaired) electrons. The largest absolute Gasteiger partial charge is 0.459 e. The summed E-state index contributed by atoms with van der Waals surface area (Å²) in [6, 6.07) is 18.5. The van der Waals surface area contributed by atoms with Crippen molar-refractivity contribution in [1.82, 2.24) is 0 Å². The minimum atomic E-state index is -0.308. The molecule has 88 heavy (non-hydrogen) atoms. The molecular weight excluding hydrogens is 1100 g/mol. The maximum absolute atomic E-state index is 13.4. The van der Waals surface area contributed by atoms with E-state index in [-0.39, 0.29) is 104 Å². The van der Waals surface area contributed by atoms with Gasteiger partial charge in [0.25, 0.3) is 0 Å². The molecule has 0 heterocycles. The van der Waals surface area contributed by atoms with Crippen LogP contribution in [0.25, 0.3) is 0 Å². The molecule has 482 valence electrons. The molecule has 3 N–H and O–H groups in total. The summed E-state index contributed by atoms with van der Waals surface area (Å²) in [7, 11) is 0. The third-order valence-corrected chi connectivity index (χ3v) is 29.5. The smallest absolute Gasteiger partial charge is 0.338 e. The number of carbonyl (C=O) groups is 6. The van der Waals surface area contributed by atoms with Crippen LogP contribution in [-0.2, 0) is 28.7 Å². The second kappa shape index (κ2) is 24.1. The fraction of sp³-hybridized carbons (Fsp3) is 0.766. The molecular formula is C77H108O11. The fourth-order valence-corrected chi connectivity index (χ4v) is 25.6. The summed E-state index contributed by atoms with van der Waals surface area (Å²) >= 11 is 0. The molecule has 2 aromatic carbocycles. The highest BCUT2D eigenvalue weighted by molar-refractivity contribution is 5.90. The Morgan fingerprint density at radius 3 is 1.33 bits per heavy atom. The van der Waals surface area contributed by atoms with E-state index in [1.165, 1.54) is 12.8 Å². The van der Waals surface area contributed by atoms with E-state index in [0.717, 1.165) is 135 Å². The number of esters is 2. The van der Waals surface area contributed by atoms with E-state index in [9.17, 15) is 44.1 Å². The standard InChI is InChI=1S/C35H42O5.C21H34O3.C21H32O3/c1-22(36)28-16-17-29-27-15-14-25-20-26(39-32(37)23-10-6-4-7-11-23)18-19-34(25,2)31(27)30(21-35(28,29)3)40-33(38)24-12-8-5-9-13-24;2*1-12(22)16-6-7-17-15-5-4-13-10-14(23)8-9-20(13,2)19(15)18(24)11-21(16,17)3/h4-13,25-31H,14-21H2,1-3H3;13-19,23-24H,4-11H2,1-3H3;13,15-19,24H,4-11H2,1-3H3/t25-,26?,27?,28?,29?,30-,31?,34+,35-;13-,14?,15?,16?,17?,18-,19?,20+,21-;13-,15?,16?,17?,18-,19?,20+,21-/m111/s1. The number of ketones is 4. The van der Waals surface area contributed by atoms with Gasteiger partial charge >= 0.3 is 11.9 Å². The predicted octanol–water partition coefficient (Wildman–Crippen LogP) is 14.6. The molecule has 0 aliphatic heterocycles. The van der Waals surface area contributed by atoms with Gasteiger partial charge in [0, 0.05) is 36.5 Å². The van der Waals surface area contributed by atoms with Gasteiger partial charge in [-0.1, -0.05) is 77.9 Å². The van der Waals surface area contributed by atoms with Crippen molar-refractivity contribution in [1.29, 1.82) is 0 Å². The third-order valence-electron chi connectivity index (χ3n) is 29.5. The van der Waals surface area contributed by atoms with Crippen molar-refractivity contribution in [2.75, 3.05) is 0 Å². The fourth-order valence-electron chi connectivity index (χ4n) is 25.6. The summed E-state index contributed by atoms with van der Waals surface area (Å²) in [4.78, 5) is 75.4. The molecule has 11 nitrogen and oxygen atoms in total. The van der Waals surface area contributed by atoms with Gasteiger partial charge in [-0.15, -0.1) is 0 Å². The molecule has 0 aromatic heterocycles. The Balaban J connectivity index is 0.000000136. The van der Waals surface area contributed by atoms with Gasteiger partial charge in [-0.25, -0.2) is 9.59 Å². The number of Topliss-reactive ketones (excluding diaryl/α,β-unsaturated/α-hetero) is 4. The van der Waals surface area contributed by atoms with Crippen molar-refractivity contribution in [3.63, 3.8) is 0 Å². The van der Waals surface area contributed by atoms with Crippen LogP contribution in [0.4, 0.5) is 0 Å². The molecule has 0 saturated heterocycles. The lowest BCUT2D eigenvalue weighted by Gasteiger charge is -2.62. The third kappa shape index (κ3) is 10.8. The van der Waals surface area contributed by atoms with Crippen LogP contribution in [-0.4, -0.2) is 80.9 Å². The number of aliphatic hydroxyl groups is 3. The molecule has 11 heteroatoms. The van der Waals surface area contributed by atoms with Crippen LogP contribution in [0, 0.1) is 121 Å². The summed E-state index contributed by atoms with van der Waals surface area (Å²) in [5.74, 6) is 6.71. The SMILES string of the molecule is CC(=O)C1CCC2C3CC[C@@H]4CC(=O)CC[C@]4(C)C3[C@H](O)C[C@]12C.CC(=O)C1CCC2C3CC[C@@H]4CC(O)CC[C@]4(C)C3[C@H](O)C[C@]12C.CC(=O)C1CCC2C3CC[C@@H]4CC(OC(=O)c5ccccc5)CC[C@]4(C)C3[C@H](OC(=O)c3ccccc3)C[C@]12C. The van der Waals surface area contributed by atoms with Crippen LogP contribution < -0.4 is 0 Å². The lowest BCUT2D eigenvalue weighted by Crippen LogP contribution is -2.60. The number of rotatable bonds is 7. The highest BCUT2D eigenvalue weighted by Gasteiger charge is 2.68. The van der Waals surface area contributed by atoms with Crippen molar-refractivity contribution in [3.8, 4) is 0 Å². The summed E-state index contributed by atoms with van der Waals surface area (Å²) in [5, 5.41) is 32.5. The zero-order valence-corrected chi connectivity index (χ0v) is 54.9. The Morgan fingerprint density at radius 1 is 0.432 bits per heavy atom. The molecule has 2 aromatic rings. The van der Waals surface area contributed by atoms with Crippen molar-refractivity contribution < 1.29 is 53.6 Å². The summed E-state index contributed by atoms with van der Waals surface area (Å²) in [6.45, 7) is 19.2. The van der Waals surface area contributed by atoms with Crippen LogP contribution in [0.2, 0.25) is 0 Å². The van der Waals surface area contributed by atoms with Gasteiger partial charge in [-0.05, 0) is 284 Å². The summed E-state index contributed by atoms with van der Waals surface area (Å²) in [5.41, 5.74) is 1.32. The number of carbonyl (C=O) groups excluding carboxylic acids is 6. The lowest BCUT2D eigenvalue weighted by molar-refractivity contribution is -0.179. The van der Waals surface area contributed by atoms with E-state index in [4.69, 9.17) is 9.47 Å². The number of ether oxygens (including phenoxy) is 2. The van der Waals surface area contributed by atoms with E-state index >= 15 is 0 Å². The maximum atomic E-state index is 13.4. The Bertz CT molecular complexity index is 2940. The highest BCUT2D eigenvalue weighted by Crippen LogP contribution is 2.71. The number of hydrogen-bond donors (Lipinski definition) is 3. The topological polar surface area (TPSA) is 182 Å². The summed E-state index contributed by atoms with van der Waals surface area (Å²) in [6.07, 6.45) is 22.3. The highest BCUT2D eigenvalue weighted by atomic mass is 16.5. The van der Waals surface area contributed by atoms with Crippen LogP contribution in [0.5, 0.6) is 0 Å². The van der Waals surface area contributed by atoms with Gasteiger partial charge in [0.1, 0.15) is 35.3 Å². The molecule has 14 unspecified atom stereocenters. The number of fused-ring (bicyclic) bond motifs is 15. The molecule has 12 aliphatic rings. The molecule has 0 spiro atoms. The van der Waals surface area contributed by atoms with E-state index in [1.54, 1.807) is 32.9 Å². The van der Waals surface area contributed by atoms with Gasteiger partial charge in [0.15, 0.2) is 0 Å². The first-order valence-corrected chi connectivity index (χ1v) is 35.3. The first-order valence-electron chi connectivity index (χ1n) is 35.3. The van der Waals surface area contributed by atoms with Crippen LogP contribution >= 0.6 is 0 Å².